The predicted octanol–water partition coefficient (Wildman–Crippen LogP) is 4.84. The number of hydrogen-bond acceptors (Lipinski definition) is 5. The number of rotatable bonds is 7. The molecule has 9 heteroatoms. The first-order valence-electron chi connectivity index (χ1n) is 13.8. The fourth-order valence-corrected chi connectivity index (χ4v) is 6.01. The Balaban J connectivity index is 1.29. The Hall–Kier alpha value is -2.62. The normalized spacial score (nSPS) is 20.2. The van der Waals surface area contributed by atoms with E-state index in [1.165, 1.54) is 17.0 Å². The second-order valence-electron chi connectivity index (χ2n) is 11.4. The highest BCUT2D eigenvalue weighted by atomic mass is 19.4. The van der Waals surface area contributed by atoms with E-state index in [1.807, 2.05) is 27.1 Å². The van der Waals surface area contributed by atoms with Crippen LogP contribution in [0.1, 0.15) is 55.0 Å². The Labute approximate surface area is 229 Å². The Morgan fingerprint density at radius 3 is 2.05 bits per heavy atom. The first kappa shape index (κ1) is 29.4. The van der Waals surface area contributed by atoms with Gasteiger partial charge in [0.1, 0.15) is 6.23 Å². The average molecular weight is 548 g/mol. The summed E-state index contributed by atoms with van der Waals surface area (Å²) in [5.74, 6) is -0.386. The molecule has 0 saturated carbocycles. The largest absolute Gasteiger partial charge is 0.430 e. The molecule has 0 spiro atoms. The molecule has 2 N–H and O–H groups in total. The van der Waals surface area contributed by atoms with Crippen LogP contribution in [0.4, 0.5) is 18.9 Å². The summed E-state index contributed by atoms with van der Waals surface area (Å²) in [6.07, 6.45) is -1.36. The molecule has 1 amide bonds. The molecule has 2 fully saturated rings. The molecule has 0 aromatic heterocycles. The molecule has 2 unspecified atom stereocenters. The van der Waals surface area contributed by atoms with E-state index >= 15 is 0 Å². The van der Waals surface area contributed by atoms with Crippen molar-refractivity contribution in [3.05, 3.63) is 65.2 Å². The van der Waals surface area contributed by atoms with E-state index in [0.717, 1.165) is 61.3 Å². The van der Waals surface area contributed by atoms with Crippen molar-refractivity contribution in [1.82, 2.24) is 9.80 Å². The number of anilines is 1. The van der Waals surface area contributed by atoms with Gasteiger partial charge in [0.05, 0.1) is 0 Å². The summed E-state index contributed by atoms with van der Waals surface area (Å²) in [6, 6.07) is 12.8. The molecule has 214 valence electrons. The van der Waals surface area contributed by atoms with Gasteiger partial charge in [-0.15, -0.1) is 0 Å². The number of hydrogen-bond donors (Lipinski definition) is 2. The van der Waals surface area contributed by atoms with Crippen LogP contribution in [0.25, 0.3) is 0 Å². The van der Waals surface area contributed by atoms with Crippen molar-refractivity contribution < 1.29 is 28.2 Å². The molecule has 2 atom stereocenters. The van der Waals surface area contributed by atoms with Crippen LogP contribution in [-0.2, 0) is 10.4 Å². The van der Waals surface area contributed by atoms with Gasteiger partial charge in [-0.25, -0.2) is 0 Å². The molecule has 2 aliphatic rings. The van der Waals surface area contributed by atoms with Gasteiger partial charge in [0.25, 0.3) is 11.5 Å². The molecule has 0 bridgehead atoms. The van der Waals surface area contributed by atoms with Crippen molar-refractivity contribution in [2.45, 2.75) is 57.0 Å². The monoisotopic (exact) mass is 547 g/mol. The van der Waals surface area contributed by atoms with Crippen LogP contribution < -0.4 is 4.90 Å². The number of carbonyl (C=O) groups is 1. The van der Waals surface area contributed by atoms with Crippen LogP contribution in [0.15, 0.2) is 48.5 Å². The third-order valence-corrected chi connectivity index (χ3v) is 8.48. The van der Waals surface area contributed by atoms with Gasteiger partial charge in [0.15, 0.2) is 0 Å². The van der Waals surface area contributed by atoms with Crippen molar-refractivity contribution in [2.75, 3.05) is 45.2 Å². The third-order valence-electron chi connectivity index (χ3n) is 8.48. The fourth-order valence-electron chi connectivity index (χ4n) is 6.01. The van der Waals surface area contributed by atoms with Crippen molar-refractivity contribution in [2.24, 2.45) is 11.8 Å². The third kappa shape index (κ3) is 6.26. The minimum atomic E-state index is -5.11. The minimum absolute atomic E-state index is 0.220. The van der Waals surface area contributed by atoms with Gasteiger partial charge in [-0.2, -0.15) is 13.2 Å². The maximum absolute atomic E-state index is 13.9. The van der Waals surface area contributed by atoms with E-state index in [1.54, 1.807) is 11.0 Å². The molecule has 4 rings (SSSR count). The smallest absolute Gasteiger partial charge is 0.374 e. The van der Waals surface area contributed by atoms with E-state index in [9.17, 15) is 28.2 Å². The summed E-state index contributed by atoms with van der Waals surface area (Å²) in [5.41, 5.74) is -0.865. The lowest BCUT2D eigenvalue weighted by Gasteiger charge is -2.40. The number of benzene rings is 2. The zero-order chi connectivity index (χ0) is 28.4. The van der Waals surface area contributed by atoms with Gasteiger partial charge in [0, 0.05) is 37.4 Å². The fraction of sp³-hybridized carbons (Fsp3) is 0.567. The maximum Gasteiger partial charge on any atom is 0.430 e. The summed E-state index contributed by atoms with van der Waals surface area (Å²) in [5, 5.41) is 21.0. The van der Waals surface area contributed by atoms with Gasteiger partial charge >= 0.3 is 6.18 Å². The molecule has 0 aliphatic carbocycles. The molecule has 2 saturated heterocycles. The molecule has 0 radical (unpaired) electrons. The quantitative estimate of drug-likeness (QED) is 0.486. The number of nitrogens with zero attached hydrogens (tertiary/aromatic N) is 3. The number of aliphatic hydroxyl groups is 2. The minimum Gasteiger partial charge on any atom is -0.374 e. The maximum atomic E-state index is 13.9. The molecular weight excluding hydrogens is 507 g/mol. The van der Waals surface area contributed by atoms with Gasteiger partial charge in [-0.3, -0.25) is 9.69 Å². The van der Waals surface area contributed by atoms with Crippen LogP contribution in [0.5, 0.6) is 0 Å². The summed E-state index contributed by atoms with van der Waals surface area (Å²) in [4.78, 5) is 18.3. The molecule has 6 nitrogen and oxygen atoms in total. The lowest BCUT2D eigenvalue weighted by Crippen LogP contribution is -2.57. The number of piperidine rings is 2. The number of likely N-dealkylation sites (tertiary alicyclic amines) is 1. The van der Waals surface area contributed by atoms with Crippen LogP contribution in [-0.4, -0.2) is 72.4 Å². The molecule has 2 aromatic carbocycles. The second-order valence-corrected chi connectivity index (χ2v) is 11.4. The van der Waals surface area contributed by atoms with Gasteiger partial charge < -0.3 is 20.0 Å². The summed E-state index contributed by atoms with van der Waals surface area (Å²) in [7, 11) is 3.69. The molecule has 2 aromatic rings. The Bertz CT molecular complexity index is 1110. The van der Waals surface area contributed by atoms with E-state index in [0.29, 0.717) is 24.7 Å². The molecule has 2 aliphatic heterocycles. The summed E-state index contributed by atoms with van der Waals surface area (Å²) < 4.78 is 41.8. The van der Waals surface area contributed by atoms with E-state index in [-0.39, 0.29) is 13.1 Å². The Morgan fingerprint density at radius 2 is 1.54 bits per heavy atom. The Morgan fingerprint density at radius 1 is 0.974 bits per heavy atom. The SMILES string of the molecule is Cc1cc(N2CCC(CC3CCN(C(=O)C(O)(c4ccccc4)C(F)(F)F)CC3)CC2)ccc1C(O)N(C)C. The van der Waals surface area contributed by atoms with Gasteiger partial charge in [-0.05, 0) is 88.2 Å². The van der Waals surface area contributed by atoms with Crippen LogP contribution in [0, 0.1) is 18.8 Å². The number of halogens is 3. The number of aliphatic hydroxyl groups excluding tert-OH is 1. The molecular formula is C30H40F3N3O3. The van der Waals surface area contributed by atoms with Crippen LogP contribution in [0.3, 0.4) is 0 Å². The van der Waals surface area contributed by atoms with Crippen molar-refractivity contribution >= 4 is 11.6 Å². The highest BCUT2D eigenvalue weighted by Crippen LogP contribution is 2.41. The molecule has 39 heavy (non-hydrogen) atoms. The lowest BCUT2D eigenvalue weighted by atomic mass is 9.82. The zero-order valence-corrected chi connectivity index (χ0v) is 23.0. The standard InChI is InChI=1S/C30H40F3N3O3/c1-21-19-25(9-10-26(21)27(37)34(2)3)35-15-11-22(12-16-35)20-23-13-17-36(18-14-23)28(38)29(39,30(31,32)33)24-7-5-4-6-8-24/h4-10,19,22-23,27,37,39H,11-18,20H2,1-3H3. The van der Waals surface area contributed by atoms with E-state index in [2.05, 4.69) is 17.0 Å². The average Bonchev–Trinajstić information content (AvgIpc) is 2.92. The van der Waals surface area contributed by atoms with E-state index < -0.39 is 29.5 Å². The van der Waals surface area contributed by atoms with Gasteiger partial charge in [0.2, 0.25) is 0 Å². The highest BCUT2D eigenvalue weighted by molar-refractivity contribution is 5.87. The van der Waals surface area contributed by atoms with Crippen molar-refractivity contribution in [3.63, 3.8) is 0 Å². The van der Waals surface area contributed by atoms with Gasteiger partial charge in [-0.1, -0.05) is 36.4 Å². The lowest BCUT2D eigenvalue weighted by molar-refractivity contribution is -0.262. The van der Waals surface area contributed by atoms with Crippen LogP contribution in [0.2, 0.25) is 0 Å². The highest BCUT2D eigenvalue weighted by Gasteiger charge is 2.62. The Kier molecular flexibility index (Phi) is 8.93. The first-order chi connectivity index (χ1) is 18.4. The van der Waals surface area contributed by atoms with Crippen molar-refractivity contribution in [1.29, 1.82) is 0 Å². The number of amides is 1. The van der Waals surface area contributed by atoms with Crippen LogP contribution >= 0.6 is 0 Å². The van der Waals surface area contributed by atoms with E-state index in [4.69, 9.17) is 0 Å². The van der Waals surface area contributed by atoms with Crippen molar-refractivity contribution in [3.8, 4) is 0 Å². The summed E-state index contributed by atoms with van der Waals surface area (Å²) in [6.45, 7) is 4.33. The summed E-state index contributed by atoms with van der Waals surface area (Å²) >= 11 is 0. The predicted molar refractivity (Wildman–Crippen MR) is 145 cm³/mol. The molecule has 2 heterocycles. The second kappa shape index (κ2) is 11.9. The number of alkyl halides is 3. The number of carbonyl (C=O) groups excluding carboxylic acids is 1. The first-order valence-corrected chi connectivity index (χ1v) is 13.8. The zero-order valence-electron chi connectivity index (χ0n) is 23.0. The topological polar surface area (TPSA) is 67.2 Å². The number of aryl methyl sites for hydroxylation is 1.